The SMILES string of the molecule is CCCNC(Cc1ccncc1Cl)c1cscc1C. The summed E-state index contributed by atoms with van der Waals surface area (Å²) in [6, 6.07) is 2.33. The lowest BCUT2D eigenvalue weighted by atomic mass is 9.99. The van der Waals surface area contributed by atoms with Gasteiger partial charge in [0.15, 0.2) is 0 Å². The van der Waals surface area contributed by atoms with Gasteiger partial charge < -0.3 is 5.32 Å². The van der Waals surface area contributed by atoms with Gasteiger partial charge in [0.25, 0.3) is 0 Å². The molecule has 0 radical (unpaired) electrons. The number of nitrogens with one attached hydrogen (secondary N) is 1. The van der Waals surface area contributed by atoms with Crippen molar-refractivity contribution in [2.75, 3.05) is 6.54 Å². The zero-order chi connectivity index (χ0) is 13.7. The standard InChI is InChI=1S/C15H19ClN2S/c1-3-5-18-15(13-10-19-9-11(13)2)7-12-4-6-17-8-14(12)16/h4,6,8-10,15,18H,3,5,7H2,1-2H3. The van der Waals surface area contributed by atoms with Gasteiger partial charge in [-0.1, -0.05) is 18.5 Å². The van der Waals surface area contributed by atoms with Gasteiger partial charge >= 0.3 is 0 Å². The number of rotatable bonds is 6. The number of nitrogens with zero attached hydrogens (tertiary/aromatic N) is 1. The van der Waals surface area contributed by atoms with Crippen LogP contribution >= 0.6 is 22.9 Å². The smallest absolute Gasteiger partial charge is 0.0622 e. The lowest BCUT2D eigenvalue weighted by Gasteiger charge is -2.19. The van der Waals surface area contributed by atoms with E-state index in [1.807, 2.05) is 6.07 Å². The quantitative estimate of drug-likeness (QED) is 0.855. The molecule has 2 aromatic heterocycles. The van der Waals surface area contributed by atoms with E-state index >= 15 is 0 Å². The summed E-state index contributed by atoms with van der Waals surface area (Å²) in [6.07, 6.45) is 5.55. The number of halogens is 1. The third-order valence-corrected chi connectivity index (χ3v) is 4.41. The topological polar surface area (TPSA) is 24.9 Å². The fraction of sp³-hybridized carbons (Fsp3) is 0.400. The Morgan fingerprint density at radius 1 is 1.42 bits per heavy atom. The van der Waals surface area contributed by atoms with E-state index in [-0.39, 0.29) is 0 Å². The Balaban J connectivity index is 2.19. The molecule has 0 amide bonds. The molecule has 1 atom stereocenters. The van der Waals surface area contributed by atoms with Crippen LogP contribution in [0.5, 0.6) is 0 Å². The van der Waals surface area contributed by atoms with Crippen molar-refractivity contribution in [3.63, 3.8) is 0 Å². The van der Waals surface area contributed by atoms with Crippen molar-refractivity contribution in [1.29, 1.82) is 0 Å². The van der Waals surface area contributed by atoms with Crippen LogP contribution in [0.25, 0.3) is 0 Å². The molecule has 2 aromatic rings. The van der Waals surface area contributed by atoms with E-state index in [0.29, 0.717) is 6.04 Å². The molecule has 2 nitrogen and oxygen atoms in total. The number of pyridine rings is 1. The van der Waals surface area contributed by atoms with Crippen LogP contribution in [0.2, 0.25) is 5.02 Å². The molecular weight excluding hydrogens is 276 g/mol. The Kier molecular flexibility index (Phi) is 5.37. The van der Waals surface area contributed by atoms with Crippen LogP contribution in [0.4, 0.5) is 0 Å². The van der Waals surface area contributed by atoms with Gasteiger partial charge in [-0.2, -0.15) is 11.3 Å². The van der Waals surface area contributed by atoms with E-state index in [0.717, 1.165) is 30.0 Å². The Hall–Kier alpha value is -0.900. The number of hydrogen-bond donors (Lipinski definition) is 1. The number of hydrogen-bond acceptors (Lipinski definition) is 3. The van der Waals surface area contributed by atoms with Gasteiger partial charge in [0.05, 0.1) is 5.02 Å². The summed E-state index contributed by atoms with van der Waals surface area (Å²) in [7, 11) is 0. The van der Waals surface area contributed by atoms with Crippen molar-refractivity contribution in [1.82, 2.24) is 10.3 Å². The molecule has 4 heteroatoms. The van der Waals surface area contributed by atoms with Crippen molar-refractivity contribution < 1.29 is 0 Å². The average Bonchev–Trinajstić information content (AvgIpc) is 2.83. The number of aryl methyl sites for hydroxylation is 1. The van der Waals surface area contributed by atoms with Crippen LogP contribution < -0.4 is 5.32 Å². The molecule has 2 heterocycles. The van der Waals surface area contributed by atoms with Crippen molar-refractivity contribution in [3.05, 3.63) is 50.9 Å². The molecule has 0 spiro atoms. The first-order chi connectivity index (χ1) is 9.22. The van der Waals surface area contributed by atoms with Gasteiger partial charge in [-0.15, -0.1) is 0 Å². The second-order valence-corrected chi connectivity index (χ2v) is 5.84. The first-order valence-electron chi connectivity index (χ1n) is 6.56. The summed E-state index contributed by atoms with van der Waals surface area (Å²) in [5.41, 5.74) is 3.88. The molecule has 0 saturated heterocycles. The van der Waals surface area contributed by atoms with Crippen molar-refractivity contribution in [2.24, 2.45) is 0 Å². The van der Waals surface area contributed by atoms with Gasteiger partial charge in [-0.25, -0.2) is 0 Å². The van der Waals surface area contributed by atoms with Gasteiger partial charge in [-0.3, -0.25) is 4.98 Å². The largest absolute Gasteiger partial charge is 0.310 e. The molecule has 1 N–H and O–H groups in total. The van der Waals surface area contributed by atoms with E-state index in [1.54, 1.807) is 23.7 Å². The minimum atomic E-state index is 0.325. The lowest BCUT2D eigenvalue weighted by Crippen LogP contribution is -2.24. The minimum Gasteiger partial charge on any atom is -0.310 e. The van der Waals surface area contributed by atoms with Crippen LogP contribution in [0.15, 0.2) is 29.2 Å². The number of thiophene rings is 1. The predicted octanol–water partition coefficient (Wildman–Crippen LogP) is 4.39. The Bertz CT molecular complexity index is 524. The Labute approximate surface area is 123 Å². The zero-order valence-corrected chi connectivity index (χ0v) is 12.9. The summed E-state index contributed by atoms with van der Waals surface area (Å²) in [4.78, 5) is 4.04. The van der Waals surface area contributed by atoms with Gasteiger partial charge in [0.2, 0.25) is 0 Å². The summed E-state index contributed by atoms with van der Waals surface area (Å²) in [5.74, 6) is 0. The Morgan fingerprint density at radius 2 is 2.26 bits per heavy atom. The molecule has 1 unspecified atom stereocenters. The maximum absolute atomic E-state index is 6.22. The molecule has 0 bridgehead atoms. The normalized spacial score (nSPS) is 12.6. The third kappa shape index (κ3) is 3.78. The van der Waals surface area contributed by atoms with Gasteiger partial charge in [0.1, 0.15) is 0 Å². The first-order valence-corrected chi connectivity index (χ1v) is 7.89. The lowest BCUT2D eigenvalue weighted by molar-refractivity contribution is 0.528. The second kappa shape index (κ2) is 7.04. The summed E-state index contributed by atoms with van der Waals surface area (Å²) >= 11 is 7.97. The zero-order valence-electron chi connectivity index (χ0n) is 11.3. The molecule has 0 saturated carbocycles. The maximum Gasteiger partial charge on any atom is 0.0622 e. The molecule has 19 heavy (non-hydrogen) atoms. The molecule has 0 aromatic carbocycles. The molecule has 0 aliphatic carbocycles. The molecule has 0 aliphatic heterocycles. The fourth-order valence-electron chi connectivity index (χ4n) is 2.13. The predicted molar refractivity (Wildman–Crippen MR) is 83.0 cm³/mol. The fourth-order valence-corrected chi connectivity index (χ4v) is 3.23. The van der Waals surface area contributed by atoms with E-state index in [4.69, 9.17) is 11.6 Å². The van der Waals surface area contributed by atoms with E-state index in [9.17, 15) is 0 Å². The van der Waals surface area contributed by atoms with E-state index in [2.05, 4.69) is 34.9 Å². The van der Waals surface area contributed by atoms with Crippen LogP contribution in [-0.4, -0.2) is 11.5 Å². The molecular formula is C15H19ClN2S. The molecule has 102 valence electrons. The highest BCUT2D eigenvalue weighted by molar-refractivity contribution is 7.08. The second-order valence-electron chi connectivity index (χ2n) is 4.69. The van der Waals surface area contributed by atoms with E-state index < -0.39 is 0 Å². The van der Waals surface area contributed by atoms with Crippen LogP contribution in [0.3, 0.4) is 0 Å². The monoisotopic (exact) mass is 294 g/mol. The first kappa shape index (κ1) is 14.5. The summed E-state index contributed by atoms with van der Waals surface area (Å²) in [6.45, 7) is 5.37. The average molecular weight is 295 g/mol. The molecule has 0 aliphatic rings. The summed E-state index contributed by atoms with van der Waals surface area (Å²) < 4.78 is 0. The van der Waals surface area contributed by atoms with E-state index in [1.165, 1.54) is 11.1 Å². The Morgan fingerprint density at radius 3 is 2.89 bits per heavy atom. The van der Waals surface area contributed by atoms with Crippen LogP contribution in [0.1, 0.15) is 36.1 Å². The highest BCUT2D eigenvalue weighted by Gasteiger charge is 2.15. The highest BCUT2D eigenvalue weighted by Crippen LogP contribution is 2.27. The summed E-state index contributed by atoms with van der Waals surface area (Å²) in [5, 5.41) is 8.80. The van der Waals surface area contributed by atoms with Crippen molar-refractivity contribution >= 4 is 22.9 Å². The minimum absolute atomic E-state index is 0.325. The van der Waals surface area contributed by atoms with Crippen LogP contribution in [-0.2, 0) is 6.42 Å². The molecule has 0 fully saturated rings. The molecule has 2 rings (SSSR count). The maximum atomic E-state index is 6.22. The third-order valence-electron chi connectivity index (χ3n) is 3.19. The van der Waals surface area contributed by atoms with Gasteiger partial charge in [-0.05, 0) is 59.8 Å². The van der Waals surface area contributed by atoms with Gasteiger partial charge in [0, 0.05) is 18.4 Å². The van der Waals surface area contributed by atoms with Crippen molar-refractivity contribution in [2.45, 2.75) is 32.7 Å². The number of aromatic nitrogens is 1. The van der Waals surface area contributed by atoms with Crippen LogP contribution in [0, 0.1) is 6.92 Å². The van der Waals surface area contributed by atoms with Crippen molar-refractivity contribution in [3.8, 4) is 0 Å². The highest BCUT2D eigenvalue weighted by atomic mass is 35.5.